The Bertz CT molecular complexity index is 17.6. The third-order valence-electron chi connectivity index (χ3n) is 0.816. The van der Waals surface area contributed by atoms with E-state index in [1.165, 1.54) is 31.6 Å². The van der Waals surface area contributed by atoms with Crippen molar-refractivity contribution in [3.8, 4) is 0 Å². The monoisotopic (exact) mass is 80.1 g/mol. The molecule has 26 valence electrons. The van der Waals surface area contributed by atoms with Gasteiger partial charge in [-0.05, 0) is 0 Å². The molecular formula is C4H9Na. The molecule has 0 aliphatic heterocycles. The zero-order valence-electron chi connectivity index (χ0n) is 4.28. The van der Waals surface area contributed by atoms with E-state index in [9.17, 15) is 0 Å². The summed E-state index contributed by atoms with van der Waals surface area (Å²) in [5.41, 5.74) is 0. The molecule has 0 fully saturated rings. The second-order valence-electron chi connectivity index (χ2n) is 1.80. The van der Waals surface area contributed by atoms with Crippen LogP contribution < -0.4 is 0 Å². The molecule has 0 radical (unpaired) electrons. The summed E-state index contributed by atoms with van der Waals surface area (Å²) in [6.45, 7) is 4.51. The predicted octanol–water partition coefficient (Wildman–Crippen LogP) is 1.23. The SMILES string of the molecule is CC(C)[CH2][Na]. The van der Waals surface area contributed by atoms with Crippen LogP contribution in [0.5, 0.6) is 0 Å². The van der Waals surface area contributed by atoms with Gasteiger partial charge in [0, 0.05) is 0 Å². The van der Waals surface area contributed by atoms with Crippen molar-refractivity contribution in [2.45, 2.75) is 17.5 Å². The first-order valence-corrected chi connectivity index (χ1v) is 3.68. The standard InChI is InChI=1S/C4H9.Na/c1-4(2)3;/h4H,1H2,2-3H3;. The van der Waals surface area contributed by atoms with Gasteiger partial charge in [0.05, 0.1) is 0 Å². The molecule has 1 heteroatoms. The second-order valence-corrected chi connectivity index (χ2v) is 2.62. The van der Waals surface area contributed by atoms with Crippen LogP contribution in [-0.4, -0.2) is 27.9 Å². The average molecular weight is 80.1 g/mol. The molecule has 0 aliphatic carbocycles. The minimum atomic E-state index is 0.946. The van der Waals surface area contributed by atoms with Crippen LogP contribution in [0.2, 0.25) is 3.67 Å². The number of hydrogen-bond donors (Lipinski definition) is 0. The van der Waals surface area contributed by atoms with Crippen LogP contribution in [0.3, 0.4) is 0 Å². The van der Waals surface area contributed by atoms with Crippen LogP contribution in [0.15, 0.2) is 0 Å². The maximum absolute atomic E-state index is 2.26. The Morgan fingerprint density at radius 1 is 1.60 bits per heavy atom. The molecule has 0 heterocycles. The van der Waals surface area contributed by atoms with Crippen molar-refractivity contribution in [3.63, 3.8) is 0 Å². The molecule has 0 aromatic heterocycles. The van der Waals surface area contributed by atoms with E-state index in [1.807, 2.05) is 0 Å². The number of hydrogen-bond acceptors (Lipinski definition) is 0. The molecule has 0 aromatic carbocycles. The van der Waals surface area contributed by atoms with Gasteiger partial charge in [-0.25, -0.2) is 0 Å². The molecule has 0 saturated carbocycles. The molecule has 0 N–H and O–H groups in total. The Kier molecular flexibility index (Phi) is 3.84. The molecule has 0 aromatic rings. The van der Waals surface area contributed by atoms with Crippen molar-refractivity contribution in [3.05, 3.63) is 0 Å². The fourth-order valence-electron chi connectivity index (χ4n) is 0. The molecule has 0 amide bonds. The van der Waals surface area contributed by atoms with Gasteiger partial charge < -0.3 is 0 Å². The Balaban J connectivity index is 2.54. The van der Waals surface area contributed by atoms with E-state index in [2.05, 4.69) is 13.8 Å². The van der Waals surface area contributed by atoms with E-state index in [4.69, 9.17) is 0 Å². The van der Waals surface area contributed by atoms with Gasteiger partial charge in [-0.1, -0.05) is 0 Å². The van der Waals surface area contributed by atoms with Crippen LogP contribution in [-0.2, 0) is 0 Å². The first-order valence-electron chi connectivity index (χ1n) is 2.27. The third-order valence-corrected chi connectivity index (χ3v) is 2.45. The summed E-state index contributed by atoms with van der Waals surface area (Å²) in [7, 11) is 0. The normalized spacial score (nSPS) is 9.80. The molecule has 5 heavy (non-hydrogen) atoms. The Hall–Kier alpha value is 1.00. The summed E-state index contributed by atoms with van der Waals surface area (Å²) in [5, 5.41) is 0. The van der Waals surface area contributed by atoms with Crippen molar-refractivity contribution in [2.75, 3.05) is 0 Å². The quantitative estimate of drug-likeness (QED) is 0.415. The predicted molar refractivity (Wildman–Crippen MR) is 25.4 cm³/mol. The van der Waals surface area contributed by atoms with E-state index in [0.717, 1.165) is 5.92 Å². The van der Waals surface area contributed by atoms with Gasteiger partial charge in [0.1, 0.15) is 0 Å². The van der Waals surface area contributed by atoms with E-state index < -0.39 is 0 Å². The Morgan fingerprint density at radius 3 is 1.80 bits per heavy atom. The molecule has 0 spiro atoms. The van der Waals surface area contributed by atoms with E-state index >= 15 is 0 Å². The van der Waals surface area contributed by atoms with Gasteiger partial charge in [0.2, 0.25) is 0 Å². The number of rotatable bonds is 1. The van der Waals surface area contributed by atoms with Gasteiger partial charge in [-0.3, -0.25) is 0 Å². The zero-order valence-corrected chi connectivity index (χ0v) is 6.28. The molecule has 0 nitrogen and oxygen atoms in total. The molecule has 0 bridgehead atoms. The van der Waals surface area contributed by atoms with Crippen LogP contribution in [0, 0.1) is 5.92 Å². The van der Waals surface area contributed by atoms with Crippen LogP contribution >= 0.6 is 0 Å². The fourth-order valence-corrected chi connectivity index (χ4v) is 0. The van der Waals surface area contributed by atoms with Crippen LogP contribution in [0.4, 0.5) is 0 Å². The summed E-state index contributed by atoms with van der Waals surface area (Å²) in [6.07, 6.45) is 0. The van der Waals surface area contributed by atoms with Gasteiger partial charge >= 0.3 is 51.4 Å². The first-order chi connectivity index (χ1) is 2.27. The maximum atomic E-state index is 2.26. The van der Waals surface area contributed by atoms with Crippen LogP contribution in [0.25, 0.3) is 0 Å². The van der Waals surface area contributed by atoms with Gasteiger partial charge in [-0.2, -0.15) is 0 Å². The molecule has 0 saturated heterocycles. The fraction of sp³-hybridized carbons (Fsp3) is 1.00. The molecular weight excluding hydrogens is 71.0 g/mol. The van der Waals surface area contributed by atoms with E-state index in [1.54, 1.807) is 0 Å². The Labute approximate surface area is 51.4 Å². The van der Waals surface area contributed by atoms with Gasteiger partial charge in [0.25, 0.3) is 0 Å². The summed E-state index contributed by atoms with van der Waals surface area (Å²) in [6, 6.07) is 0. The van der Waals surface area contributed by atoms with Crippen molar-refractivity contribution in [2.24, 2.45) is 5.92 Å². The van der Waals surface area contributed by atoms with E-state index in [0.29, 0.717) is 0 Å². The summed E-state index contributed by atoms with van der Waals surface area (Å²) < 4.78 is 1.44. The third kappa shape index (κ3) is 5.00. The topological polar surface area (TPSA) is 0 Å². The summed E-state index contributed by atoms with van der Waals surface area (Å²) >= 11 is 1.37. The average Bonchev–Trinajstić information content (AvgIpc) is 1.38. The zero-order chi connectivity index (χ0) is 4.28. The van der Waals surface area contributed by atoms with E-state index in [-0.39, 0.29) is 0 Å². The second kappa shape index (κ2) is 3.20. The summed E-state index contributed by atoms with van der Waals surface area (Å²) in [4.78, 5) is 0. The Morgan fingerprint density at radius 2 is 1.80 bits per heavy atom. The van der Waals surface area contributed by atoms with Gasteiger partial charge in [-0.15, -0.1) is 0 Å². The minimum absolute atomic E-state index is 0.946. The molecule has 0 unspecified atom stereocenters. The van der Waals surface area contributed by atoms with Gasteiger partial charge in [0.15, 0.2) is 0 Å². The molecule has 0 aliphatic rings. The van der Waals surface area contributed by atoms with Crippen LogP contribution in [0.1, 0.15) is 13.8 Å². The summed E-state index contributed by atoms with van der Waals surface area (Å²) in [5.74, 6) is 0.946. The van der Waals surface area contributed by atoms with Crippen molar-refractivity contribution >= 4 is 27.9 Å². The van der Waals surface area contributed by atoms with Crippen molar-refractivity contribution in [1.82, 2.24) is 0 Å². The van der Waals surface area contributed by atoms with Crippen molar-refractivity contribution in [1.29, 1.82) is 0 Å². The van der Waals surface area contributed by atoms with Crippen molar-refractivity contribution < 1.29 is 0 Å². The molecule has 0 rings (SSSR count). The molecule has 0 atom stereocenters. The first kappa shape index (κ1) is 6.00.